The van der Waals surface area contributed by atoms with Gasteiger partial charge in [-0.25, -0.2) is 9.78 Å². The van der Waals surface area contributed by atoms with Crippen molar-refractivity contribution in [1.82, 2.24) is 20.0 Å². The van der Waals surface area contributed by atoms with Gasteiger partial charge in [0.2, 0.25) is 6.79 Å². The lowest BCUT2D eigenvalue weighted by Crippen LogP contribution is -2.14. The minimum absolute atomic E-state index is 0.0380. The highest BCUT2D eigenvalue weighted by atomic mass is 32.1. The molecule has 0 radical (unpaired) electrons. The van der Waals surface area contributed by atoms with E-state index in [4.69, 9.17) is 4.74 Å². The predicted molar refractivity (Wildman–Crippen MR) is 101 cm³/mol. The third kappa shape index (κ3) is 7.82. The molecule has 0 unspecified atom stereocenters. The zero-order chi connectivity index (χ0) is 21.2. The normalized spacial score (nSPS) is 10.4. The largest absolute Gasteiger partial charge is 0.459 e. The number of carbonyl (C=O) groups excluding carboxylic acids is 3. The smallest absolute Gasteiger partial charge is 0.335 e. The van der Waals surface area contributed by atoms with E-state index in [0.717, 1.165) is 12.1 Å². The van der Waals surface area contributed by atoms with Crippen molar-refractivity contribution in [2.75, 3.05) is 6.79 Å². The number of esters is 3. The molecule has 0 saturated heterocycles. The van der Waals surface area contributed by atoms with Crippen LogP contribution in [0, 0.1) is 6.92 Å². The molecule has 2 rings (SSSR count). The summed E-state index contributed by atoms with van der Waals surface area (Å²) in [6.45, 7) is 6.91. The van der Waals surface area contributed by atoms with Crippen molar-refractivity contribution in [2.45, 2.75) is 46.3 Å². The highest BCUT2D eigenvalue weighted by Crippen LogP contribution is 2.13. The molecular formula is C18H22N4O6S. The zero-order valence-electron chi connectivity index (χ0n) is 16.3. The molecule has 0 saturated carbocycles. The van der Waals surface area contributed by atoms with Gasteiger partial charge in [0.25, 0.3) is 0 Å². The molecule has 0 atom stereocenters. The molecule has 2 aromatic rings. The number of rotatable bonds is 11. The van der Waals surface area contributed by atoms with Gasteiger partial charge in [-0.15, -0.1) is 16.4 Å². The molecule has 0 aliphatic carbocycles. The summed E-state index contributed by atoms with van der Waals surface area (Å²) in [6, 6.07) is 0. The van der Waals surface area contributed by atoms with E-state index < -0.39 is 24.7 Å². The standard InChI is InChI=1S/C18H22N4O6S/c1-12(2)18(25)28-11-27-17(24)5-4-16(23)26-9-14-8-22(21-20-14)7-6-15-13(3)19-10-29-15/h8,10H,1,4-7,9,11H2,2-3H3. The van der Waals surface area contributed by atoms with Crippen LogP contribution in [0.25, 0.3) is 0 Å². The van der Waals surface area contributed by atoms with Crippen LogP contribution in [0.2, 0.25) is 0 Å². The average molecular weight is 422 g/mol. The number of nitrogens with zero attached hydrogens (tertiary/aromatic N) is 4. The van der Waals surface area contributed by atoms with Crippen LogP contribution in [0.4, 0.5) is 0 Å². The van der Waals surface area contributed by atoms with E-state index in [2.05, 4.69) is 31.3 Å². The van der Waals surface area contributed by atoms with Crippen LogP contribution in [0.15, 0.2) is 23.9 Å². The first kappa shape index (κ1) is 22.2. The van der Waals surface area contributed by atoms with Gasteiger partial charge in [0.15, 0.2) is 0 Å². The molecule has 0 aliphatic rings. The van der Waals surface area contributed by atoms with E-state index in [9.17, 15) is 14.4 Å². The summed E-state index contributed by atoms with van der Waals surface area (Å²) in [4.78, 5) is 39.7. The lowest BCUT2D eigenvalue weighted by Gasteiger charge is -2.06. The average Bonchev–Trinajstić information content (AvgIpc) is 3.31. The summed E-state index contributed by atoms with van der Waals surface area (Å²) in [7, 11) is 0. The number of hydrogen-bond donors (Lipinski definition) is 0. The Labute approximate surface area is 171 Å². The number of aromatic nitrogens is 4. The first-order valence-electron chi connectivity index (χ1n) is 8.77. The van der Waals surface area contributed by atoms with Crippen molar-refractivity contribution in [1.29, 1.82) is 0 Å². The Hall–Kier alpha value is -3.08. The molecule has 0 N–H and O–H groups in total. The Kier molecular flexibility index (Phi) is 8.46. The molecule has 10 nitrogen and oxygen atoms in total. The molecule has 29 heavy (non-hydrogen) atoms. The van der Waals surface area contributed by atoms with Crippen molar-refractivity contribution in [3.8, 4) is 0 Å². The van der Waals surface area contributed by atoms with Crippen LogP contribution in [0.1, 0.15) is 36.0 Å². The summed E-state index contributed by atoms with van der Waals surface area (Å²) in [6.07, 6.45) is 2.15. The van der Waals surface area contributed by atoms with Gasteiger partial charge in [-0.05, 0) is 13.8 Å². The molecule has 156 valence electrons. The Morgan fingerprint density at radius 1 is 1.17 bits per heavy atom. The van der Waals surface area contributed by atoms with Crippen molar-refractivity contribution >= 4 is 29.2 Å². The molecule has 0 spiro atoms. The summed E-state index contributed by atoms with van der Waals surface area (Å²) in [5.74, 6) is -1.91. The molecule has 0 bridgehead atoms. The maximum absolute atomic E-state index is 11.7. The monoisotopic (exact) mass is 422 g/mol. The summed E-state index contributed by atoms with van der Waals surface area (Å²) in [5.41, 5.74) is 3.52. The number of carbonyl (C=O) groups is 3. The Morgan fingerprint density at radius 2 is 1.90 bits per heavy atom. The second-order valence-electron chi connectivity index (χ2n) is 6.09. The van der Waals surface area contributed by atoms with E-state index in [0.29, 0.717) is 12.2 Å². The van der Waals surface area contributed by atoms with Gasteiger partial charge in [0, 0.05) is 23.4 Å². The first-order valence-corrected chi connectivity index (χ1v) is 9.65. The van der Waals surface area contributed by atoms with Crippen molar-refractivity contribution in [3.05, 3.63) is 40.1 Å². The van der Waals surface area contributed by atoms with Crippen LogP contribution in [0.5, 0.6) is 0 Å². The Morgan fingerprint density at radius 3 is 2.55 bits per heavy atom. The third-order valence-electron chi connectivity index (χ3n) is 3.67. The summed E-state index contributed by atoms with van der Waals surface area (Å²) in [5, 5.41) is 7.95. The van der Waals surface area contributed by atoms with E-state index in [1.54, 1.807) is 27.7 Å². The SMILES string of the molecule is C=C(C)C(=O)OCOC(=O)CCC(=O)OCc1cn(CCc2scnc2C)nn1. The number of aryl methyl sites for hydroxylation is 3. The molecule has 0 amide bonds. The van der Waals surface area contributed by atoms with E-state index in [1.807, 2.05) is 6.92 Å². The second kappa shape index (κ2) is 11.1. The summed E-state index contributed by atoms with van der Waals surface area (Å²) < 4.78 is 16.0. The van der Waals surface area contributed by atoms with Crippen molar-refractivity contribution < 1.29 is 28.6 Å². The highest BCUT2D eigenvalue weighted by Gasteiger charge is 2.12. The highest BCUT2D eigenvalue weighted by molar-refractivity contribution is 7.09. The summed E-state index contributed by atoms with van der Waals surface area (Å²) >= 11 is 1.60. The van der Waals surface area contributed by atoms with Crippen molar-refractivity contribution in [2.24, 2.45) is 0 Å². The van der Waals surface area contributed by atoms with Gasteiger partial charge in [-0.1, -0.05) is 11.8 Å². The van der Waals surface area contributed by atoms with E-state index >= 15 is 0 Å². The second-order valence-corrected chi connectivity index (χ2v) is 7.03. The third-order valence-corrected chi connectivity index (χ3v) is 4.67. The molecule has 2 aromatic heterocycles. The molecule has 11 heteroatoms. The fourth-order valence-electron chi connectivity index (χ4n) is 2.07. The molecule has 0 fully saturated rings. The Balaban J connectivity index is 1.62. The van der Waals surface area contributed by atoms with E-state index in [-0.39, 0.29) is 25.0 Å². The van der Waals surface area contributed by atoms with Crippen LogP contribution >= 0.6 is 11.3 Å². The number of thiazole rings is 1. The van der Waals surface area contributed by atoms with Gasteiger partial charge >= 0.3 is 17.9 Å². The maximum Gasteiger partial charge on any atom is 0.335 e. The van der Waals surface area contributed by atoms with Crippen molar-refractivity contribution in [3.63, 3.8) is 0 Å². The molecule has 2 heterocycles. The van der Waals surface area contributed by atoms with Gasteiger partial charge < -0.3 is 14.2 Å². The fraction of sp³-hybridized carbons (Fsp3) is 0.444. The number of hydrogen-bond acceptors (Lipinski definition) is 10. The lowest BCUT2D eigenvalue weighted by atomic mass is 10.3. The first-order chi connectivity index (χ1) is 13.8. The van der Waals surface area contributed by atoms with Crippen LogP contribution in [-0.4, -0.2) is 44.7 Å². The minimum atomic E-state index is -0.680. The van der Waals surface area contributed by atoms with Gasteiger partial charge in [-0.3, -0.25) is 14.3 Å². The van der Waals surface area contributed by atoms with Crippen LogP contribution in [-0.2, 0) is 48.2 Å². The van der Waals surface area contributed by atoms with Crippen LogP contribution in [0.3, 0.4) is 0 Å². The van der Waals surface area contributed by atoms with Crippen LogP contribution < -0.4 is 0 Å². The molecule has 0 aliphatic heterocycles. The quantitative estimate of drug-likeness (QED) is 0.302. The van der Waals surface area contributed by atoms with Gasteiger partial charge in [0.05, 0.1) is 30.2 Å². The fourth-order valence-corrected chi connectivity index (χ4v) is 2.84. The maximum atomic E-state index is 11.7. The Bertz CT molecular complexity index is 875. The molecule has 0 aromatic carbocycles. The topological polar surface area (TPSA) is 123 Å². The predicted octanol–water partition coefficient (Wildman–Crippen LogP) is 1.73. The zero-order valence-corrected chi connectivity index (χ0v) is 17.1. The minimum Gasteiger partial charge on any atom is -0.459 e. The number of ether oxygens (including phenoxy) is 3. The van der Waals surface area contributed by atoms with Gasteiger partial charge in [-0.2, -0.15) is 0 Å². The molecular weight excluding hydrogens is 400 g/mol. The van der Waals surface area contributed by atoms with E-state index in [1.165, 1.54) is 11.8 Å². The van der Waals surface area contributed by atoms with Gasteiger partial charge in [0.1, 0.15) is 12.3 Å². The lowest BCUT2D eigenvalue weighted by molar-refractivity contribution is -0.166.